The van der Waals surface area contributed by atoms with Crippen LogP contribution in [0, 0.1) is 0 Å². The van der Waals surface area contributed by atoms with E-state index in [0.29, 0.717) is 17.6 Å². The number of thiophene rings is 1. The average molecular weight is 713 g/mol. The van der Waals surface area contributed by atoms with Crippen LogP contribution in [0.25, 0.3) is 76.0 Å². The quantitative estimate of drug-likeness (QED) is 0.178. The van der Waals surface area contributed by atoms with Gasteiger partial charge in [-0.1, -0.05) is 117 Å². The molecule has 0 fully saturated rings. The Balaban J connectivity index is 1.18. The topological polar surface area (TPSA) is 55.1 Å². The van der Waals surface area contributed by atoms with Gasteiger partial charge in [0.05, 0.1) is 5.69 Å². The van der Waals surface area contributed by atoms with Crippen LogP contribution in [0.1, 0.15) is 25.0 Å². The third-order valence-electron chi connectivity index (χ3n) is 10.9. The fourth-order valence-corrected chi connectivity index (χ4v) is 9.46. The summed E-state index contributed by atoms with van der Waals surface area (Å²) in [6, 6.07) is 55.3. The highest BCUT2D eigenvalue weighted by atomic mass is 32.1. The van der Waals surface area contributed by atoms with Crippen LogP contribution in [0.15, 0.2) is 162 Å². The zero-order valence-electron chi connectivity index (χ0n) is 29.6. The van der Waals surface area contributed by atoms with Crippen LogP contribution in [0.5, 0.6) is 0 Å². The summed E-state index contributed by atoms with van der Waals surface area (Å²) in [5, 5.41) is 4.58. The molecule has 0 atom stereocenters. The van der Waals surface area contributed by atoms with Crippen LogP contribution >= 0.6 is 11.3 Å². The van der Waals surface area contributed by atoms with E-state index in [1.807, 2.05) is 30.3 Å². The predicted molar refractivity (Wildman–Crippen MR) is 223 cm³/mol. The molecule has 0 saturated heterocycles. The molecule has 6 heteroatoms. The van der Waals surface area contributed by atoms with Crippen LogP contribution in [0.2, 0.25) is 0 Å². The van der Waals surface area contributed by atoms with Gasteiger partial charge < -0.3 is 4.42 Å². The van der Waals surface area contributed by atoms with E-state index in [0.717, 1.165) is 44.4 Å². The van der Waals surface area contributed by atoms with Gasteiger partial charge in [0, 0.05) is 58.7 Å². The number of furan rings is 1. The summed E-state index contributed by atoms with van der Waals surface area (Å²) in [5.41, 5.74) is 10.4. The van der Waals surface area contributed by atoms with Gasteiger partial charge in [-0.3, -0.25) is 4.90 Å². The van der Waals surface area contributed by atoms with E-state index < -0.39 is 0 Å². The van der Waals surface area contributed by atoms with E-state index in [2.05, 4.69) is 146 Å². The van der Waals surface area contributed by atoms with Crippen molar-refractivity contribution in [2.24, 2.45) is 0 Å². The molecule has 0 radical (unpaired) electrons. The molecule has 0 saturated carbocycles. The first kappa shape index (κ1) is 30.9. The minimum absolute atomic E-state index is 0.165. The molecule has 7 aromatic carbocycles. The molecule has 3 heterocycles. The van der Waals surface area contributed by atoms with Crippen molar-refractivity contribution in [3.05, 3.63) is 169 Å². The Hall–Kier alpha value is -6.63. The van der Waals surface area contributed by atoms with Gasteiger partial charge in [0.2, 0.25) is 5.95 Å². The number of para-hydroxylation sites is 2. The molecule has 5 nitrogen and oxygen atoms in total. The molecule has 1 aliphatic rings. The standard InChI is InChI=1S/C48H32N4OS/c1-48(2)37-18-9-6-17-35(37)44-38(48)19-12-20-39(44)52(31-13-4-3-5-14-31)47-50-45(29-24-26-41-36(27-29)32-15-7-10-21-40(32)53-41)49-46(51-47)30-23-25-34-33-16-8-11-22-42(33)54-43(34)28-30/h3-28H,1-2H3. The molecule has 0 amide bonds. The zero-order valence-corrected chi connectivity index (χ0v) is 30.4. The highest BCUT2D eigenvalue weighted by Crippen LogP contribution is 2.54. The normalized spacial score (nSPS) is 13.1. The van der Waals surface area contributed by atoms with E-state index in [1.165, 1.54) is 42.4 Å². The van der Waals surface area contributed by atoms with Crippen LogP contribution < -0.4 is 4.90 Å². The Bertz CT molecular complexity index is 3110. The number of rotatable bonds is 5. The van der Waals surface area contributed by atoms with Gasteiger partial charge in [-0.15, -0.1) is 11.3 Å². The molecule has 1 aliphatic carbocycles. The lowest BCUT2D eigenvalue weighted by atomic mass is 9.82. The maximum absolute atomic E-state index is 6.21. The van der Waals surface area contributed by atoms with Crippen molar-refractivity contribution >= 4 is 70.8 Å². The summed E-state index contributed by atoms with van der Waals surface area (Å²) in [4.78, 5) is 18.1. The highest BCUT2D eigenvalue weighted by Gasteiger charge is 2.38. The van der Waals surface area contributed by atoms with E-state index in [9.17, 15) is 0 Å². The average Bonchev–Trinajstić information content (AvgIpc) is 3.86. The molecule has 11 rings (SSSR count). The fourth-order valence-electron chi connectivity index (χ4n) is 8.31. The Labute approximate surface area is 315 Å². The molecule has 0 aliphatic heterocycles. The largest absolute Gasteiger partial charge is 0.456 e. The highest BCUT2D eigenvalue weighted by molar-refractivity contribution is 7.25. The van der Waals surface area contributed by atoms with Crippen molar-refractivity contribution in [1.29, 1.82) is 0 Å². The number of benzene rings is 7. The second-order valence-electron chi connectivity index (χ2n) is 14.4. The molecular weight excluding hydrogens is 681 g/mol. The van der Waals surface area contributed by atoms with Crippen molar-refractivity contribution in [1.82, 2.24) is 15.0 Å². The first-order chi connectivity index (χ1) is 26.5. The van der Waals surface area contributed by atoms with Gasteiger partial charge in [0.15, 0.2) is 11.6 Å². The van der Waals surface area contributed by atoms with Crippen molar-refractivity contribution in [3.63, 3.8) is 0 Å². The number of anilines is 3. The van der Waals surface area contributed by atoms with Gasteiger partial charge in [-0.2, -0.15) is 9.97 Å². The zero-order chi connectivity index (χ0) is 36.0. The van der Waals surface area contributed by atoms with E-state index in [-0.39, 0.29) is 5.41 Å². The molecule has 0 N–H and O–H groups in total. The Kier molecular flexibility index (Phi) is 6.70. The molecule has 0 spiro atoms. The molecule has 10 aromatic rings. The lowest BCUT2D eigenvalue weighted by Gasteiger charge is -2.27. The van der Waals surface area contributed by atoms with Gasteiger partial charge in [-0.25, -0.2) is 4.98 Å². The first-order valence-electron chi connectivity index (χ1n) is 18.2. The number of hydrogen-bond donors (Lipinski definition) is 0. The third kappa shape index (κ3) is 4.67. The summed E-state index contributed by atoms with van der Waals surface area (Å²) in [6.45, 7) is 4.63. The minimum Gasteiger partial charge on any atom is -0.456 e. The third-order valence-corrected chi connectivity index (χ3v) is 12.1. The summed E-state index contributed by atoms with van der Waals surface area (Å²) in [6.07, 6.45) is 0. The summed E-state index contributed by atoms with van der Waals surface area (Å²) in [5.74, 6) is 1.75. The van der Waals surface area contributed by atoms with Crippen molar-refractivity contribution in [2.45, 2.75) is 19.3 Å². The fraction of sp³-hybridized carbons (Fsp3) is 0.0625. The maximum Gasteiger partial charge on any atom is 0.238 e. The van der Waals surface area contributed by atoms with E-state index in [4.69, 9.17) is 19.4 Å². The number of aromatic nitrogens is 3. The molecular formula is C48H32N4OS. The van der Waals surface area contributed by atoms with Crippen LogP contribution in [0.4, 0.5) is 17.3 Å². The lowest BCUT2D eigenvalue weighted by Crippen LogP contribution is -2.17. The Morgan fingerprint density at radius 1 is 0.519 bits per heavy atom. The van der Waals surface area contributed by atoms with Crippen molar-refractivity contribution < 1.29 is 4.42 Å². The smallest absolute Gasteiger partial charge is 0.238 e. The Morgan fingerprint density at radius 2 is 1.19 bits per heavy atom. The first-order valence-corrected chi connectivity index (χ1v) is 19.0. The monoisotopic (exact) mass is 712 g/mol. The maximum atomic E-state index is 6.21. The van der Waals surface area contributed by atoms with E-state index in [1.54, 1.807) is 11.3 Å². The van der Waals surface area contributed by atoms with Crippen LogP contribution in [0.3, 0.4) is 0 Å². The van der Waals surface area contributed by atoms with Crippen molar-refractivity contribution in [3.8, 4) is 33.9 Å². The van der Waals surface area contributed by atoms with Gasteiger partial charge in [0.1, 0.15) is 11.2 Å². The number of nitrogens with zero attached hydrogens (tertiary/aromatic N) is 4. The molecule has 256 valence electrons. The van der Waals surface area contributed by atoms with Crippen molar-refractivity contribution in [2.75, 3.05) is 4.90 Å². The molecule has 0 bridgehead atoms. The Morgan fingerprint density at radius 3 is 2.06 bits per heavy atom. The number of fused-ring (bicyclic) bond motifs is 9. The summed E-state index contributed by atoms with van der Waals surface area (Å²) >= 11 is 1.79. The number of hydrogen-bond acceptors (Lipinski definition) is 6. The SMILES string of the molecule is CC1(C)c2ccccc2-c2c(N(c3ccccc3)c3nc(-c4ccc5c(c4)sc4ccccc45)nc(-c4ccc5oc6ccccc6c5c4)n3)cccc21. The summed E-state index contributed by atoms with van der Waals surface area (Å²) < 4.78 is 8.67. The minimum atomic E-state index is -0.165. The van der Waals surface area contributed by atoms with Gasteiger partial charge >= 0.3 is 0 Å². The second-order valence-corrected chi connectivity index (χ2v) is 15.5. The van der Waals surface area contributed by atoms with E-state index >= 15 is 0 Å². The van der Waals surface area contributed by atoms with Crippen LogP contribution in [-0.4, -0.2) is 15.0 Å². The molecule has 3 aromatic heterocycles. The predicted octanol–water partition coefficient (Wildman–Crippen LogP) is 13.2. The van der Waals surface area contributed by atoms with Gasteiger partial charge in [0.25, 0.3) is 0 Å². The summed E-state index contributed by atoms with van der Waals surface area (Å²) in [7, 11) is 0. The molecule has 54 heavy (non-hydrogen) atoms. The second kappa shape index (κ2) is 11.7. The lowest BCUT2D eigenvalue weighted by molar-refractivity contribution is 0.660. The van der Waals surface area contributed by atoms with Gasteiger partial charge in [-0.05, 0) is 71.3 Å². The molecule has 0 unspecified atom stereocenters. The van der Waals surface area contributed by atoms with Crippen LogP contribution in [-0.2, 0) is 5.41 Å².